The molecule has 1 saturated heterocycles. The van der Waals surface area contributed by atoms with Crippen molar-refractivity contribution < 1.29 is 9.90 Å². The molecule has 2 aliphatic rings. The molecule has 4 unspecified atom stereocenters. The molecule has 0 spiro atoms. The summed E-state index contributed by atoms with van der Waals surface area (Å²) < 4.78 is 0. The van der Waals surface area contributed by atoms with Gasteiger partial charge in [-0.15, -0.1) is 0 Å². The summed E-state index contributed by atoms with van der Waals surface area (Å²) >= 11 is 0. The number of β-amino-alcohol motifs (C(OH)–C–C–N with tert-alkyl or cyclic N) is 1. The van der Waals surface area contributed by atoms with Crippen LogP contribution in [-0.4, -0.2) is 41.1 Å². The molecule has 1 amide bonds. The molecule has 2 fully saturated rings. The zero-order valence-corrected chi connectivity index (χ0v) is 10.6. The Morgan fingerprint density at radius 3 is 2.76 bits per heavy atom. The molecule has 1 aliphatic carbocycles. The average molecular weight is 240 g/mol. The number of amides is 1. The first-order valence-electron chi connectivity index (χ1n) is 6.82. The number of hydrogen-bond donors (Lipinski definition) is 2. The van der Waals surface area contributed by atoms with Gasteiger partial charge in [-0.3, -0.25) is 4.79 Å². The second-order valence-electron chi connectivity index (χ2n) is 5.67. The Kier molecular flexibility index (Phi) is 4.05. The molecule has 1 heterocycles. The minimum Gasteiger partial charge on any atom is -0.391 e. The number of piperidine rings is 1. The van der Waals surface area contributed by atoms with Crippen molar-refractivity contribution >= 4 is 5.91 Å². The second-order valence-corrected chi connectivity index (χ2v) is 5.67. The molecule has 1 aliphatic heterocycles. The second kappa shape index (κ2) is 5.36. The zero-order valence-electron chi connectivity index (χ0n) is 10.6. The predicted molar refractivity (Wildman–Crippen MR) is 66.3 cm³/mol. The third-order valence-corrected chi connectivity index (χ3v) is 4.32. The fraction of sp³-hybridized carbons (Fsp3) is 0.923. The van der Waals surface area contributed by atoms with E-state index >= 15 is 0 Å². The fourth-order valence-electron chi connectivity index (χ4n) is 3.12. The number of carbonyl (C=O) groups is 1. The number of hydrogen-bond acceptors (Lipinski definition) is 3. The SMILES string of the molecule is CC1CCCC(C(=O)N2CCCC(O)C2)C1N. The van der Waals surface area contributed by atoms with Gasteiger partial charge in [-0.2, -0.15) is 0 Å². The van der Waals surface area contributed by atoms with Crippen molar-refractivity contribution in [2.75, 3.05) is 13.1 Å². The molecule has 0 radical (unpaired) electrons. The lowest BCUT2D eigenvalue weighted by Gasteiger charge is -2.38. The van der Waals surface area contributed by atoms with E-state index in [4.69, 9.17) is 5.73 Å². The van der Waals surface area contributed by atoms with Crippen molar-refractivity contribution in [2.45, 2.75) is 51.2 Å². The topological polar surface area (TPSA) is 66.6 Å². The van der Waals surface area contributed by atoms with E-state index in [1.54, 1.807) is 0 Å². The first kappa shape index (κ1) is 12.8. The van der Waals surface area contributed by atoms with Crippen LogP contribution in [0.15, 0.2) is 0 Å². The Labute approximate surface area is 103 Å². The Balaban J connectivity index is 1.98. The molecule has 0 aromatic rings. The third-order valence-electron chi connectivity index (χ3n) is 4.32. The highest BCUT2D eigenvalue weighted by atomic mass is 16.3. The van der Waals surface area contributed by atoms with Gasteiger partial charge in [0, 0.05) is 19.1 Å². The van der Waals surface area contributed by atoms with Crippen molar-refractivity contribution in [3.63, 3.8) is 0 Å². The number of nitrogens with zero attached hydrogens (tertiary/aromatic N) is 1. The molecule has 98 valence electrons. The van der Waals surface area contributed by atoms with Crippen LogP contribution >= 0.6 is 0 Å². The van der Waals surface area contributed by atoms with Gasteiger partial charge < -0.3 is 15.7 Å². The summed E-state index contributed by atoms with van der Waals surface area (Å²) in [4.78, 5) is 14.2. The molecular formula is C13H24N2O2. The van der Waals surface area contributed by atoms with Gasteiger partial charge in [-0.1, -0.05) is 13.3 Å². The summed E-state index contributed by atoms with van der Waals surface area (Å²) in [5.41, 5.74) is 6.15. The van der Waals surface area contributed by atoms with Crippen LogP contribution in [-0.2, 0) is 4.79 Å². The third kappa shape index (κ3) is 2.80. The number of rotatable bonds is 1. The summed E-state index contributed by atoms with van der Waals surface area (Å²) in [7, 11) is 0. The van der Waals surface area contributed by atoms with Gasteiger partial charge in [0.15, 0.2) is 0 Å². The van der Waals surface area contributed by atoms with Crippen molar-refractivity contribution in [3.05, 3.63) is 0 Å². The predicted octanol–water partition coefficient (Wildman–Crippen LogP) is 0.733. The summed E-state index contributed by atoms with van der Waals surface area (Å²) in [6.07, 6.45) is 4.53. The van der Waals surface area contributed by atoms with Crippen LogP contribution in [0, 0.1) is 11.8 Å². The summed E-state index contributed by atoms with van der Waals surface area (Å²) in [6.45, 7) is 3.42. The molecular weight excluding hydrogens is 216 g/mol. The summed E-state index contributed by atoms with van der Waals surface area (Å²) in [5.74, 6) is 0.583. The van der Waals surface area contributed by atoms with Gasteiger partial charge in [-0.05, 0) is 31.6 Å². The highest BCUT2D eigenvalue weighted by molar-refractivity contribution is 5.79. The molecule has 17 heavy (non-hydrogen) atoms. The smallest absolute Gasteiger partial charge is 0.227 e. The van der Waals surface area contributed by atoms with Gasteiger partial charge >= 0.3 is 0 Å². The standard InChI is InChI=1S/C13H24N2O2/c1-9-4-2-6-11(12(9)14)13(17)15-7-3-5-10(16)8-15/h9-12,16H,2-8,14H2,1H3. The van der Waals surface area contributed by atoms with E-state index < -0.39 is 0 Å². The van der Waals surface area contributed by atoms with E-state index in [1.807, 2.05) is 4.90 Å². The van der Waals surface area contributed by atoms with Crippen molar-refractivity contribution in [1.29, 1.82) is 0 Å². The van der Waals surface area contributed by atoms with Crippen LogP contribution in [0.25, 0.3) is 0 Å². The van der Waals surface area contributed by atoms with E-state index in [0.29, 0.717) is 12.5 Å². The van der Waals surface area contributed by atoms with Gasteiger partial charge in [0.25, 0.3) is 0 Å². The number of likely N-dealkylation sites (tertiary alicyclic amines) is 1. The monoisotopic (exact) mass is 240 g/mol. The maximum absolute atomic E-state index is 12.4. The average Bonchev–Trinajstić information content (AvgIpc) is 2.32. The van der Waals surface area contributed by atoms with Crippen molar-refractivity contribution in [1.82, 2.24) is 4.90 Å². The minimum absolute atomic E-state index is 0.00433. The van der Waals surface area contributed by atoms with E-state index in [2.05, 4.69) is 6.92 Å². The van der Waals surface area contributed by atoms with E-state index in [9.17, 15) is 9.90 Å². The highest BCUT2D eigenvalue weighted by Gasteiger charge is 2.36. The molecule has 2 rings (SSSR count). The van der Waals surface area contributed by atoms with Crippen LogP contribution < -0.4 is 5.73 Å². The first-order valence-corrected chi connectivity index (χ1v) is 6.82. The van der Waals surface area contributed by atoms with E-state index in [1.165, 1.54) is 0 Å². The molecule has 0 aromatic carbocycles. The quantitative estimate of drug-likeness (QED) is 0.710. The highest BCUT2D eigenvalue weighted by Crippen LogP contribution is 2.29. The number of nitrogens with two attached hydrogens (primary N) is 1. The molecule has 4 nitrogen and oxygen atoms in total. The van der Waals surface area contributed by atoms with Gasteiger partial charge in [0.1, 0.15) is 0 Å². The number of aliphatic hydroxyl groups excluding tert-OH is 1. The van der Waals surface area contributed by atoms with Crippen molar-refractivity contribution in [3.8, 4) is 0 Å². The number of carbonyl (C=O) groups excluding carboxylic acids is 1. The first-order chi connectivity index (χ1) is 8.09. The fourth-order valence-corrected chi connectivity index (χ4v) is 3.12. The molecule has 4 atom stereocenters. The van der Waals surface area contributed by atoms with Gasteiger partial charge in [0.05, 0.1) is 12.0 Å². The number of aliphatic hydroxyl groups is 1. The molecule has 0 bridgehead atoms. The lowest BCUT2D eigenvalue weighted by molar-refractivity contribution is -0.140. The normalized spacial score (nSPS) is 39.1. The van der Waals surface area contributed by atoms with E-state index in [-0.39, 0.29) is 24.0 Å². The Bertz CT molecular complexity index is 283. The molecule has 1 saturated carbocycles. The van der Waals surface area contributed by atoms with E-state index in [0.717, 1.165) is 38.6 Å². The molecule has 3 N–H and O–H groups in total. The zero-order chi connectivity index (χ0) is 12.4. The lowest BCUT2D eigenvalue weighted by Crippen LogP contribution is -2.51. The van der Waals surface area contributed by atoms with Crippen LogP contribution in [0.5, 0.6) is 0 Å². The molecule has 0 aromatic heterocycles. The maximum atomic E-state index is 12.4. The van der Waals surface area contributed by atoms with Crippen LogP contribution in [0.3, 0.4) is 0 Å². The Hall–Kier alpha value is -0.610. The van der Waals surface area contributed by atoms with Crippen LogP contribution in [0.1, 0.15) is 39.0 Å². The van der Waals surface area contributed by atoms with Crippen LogP contribution in [0.2, 0.25) is 0 Å². The Morgan fingerprint density at radius 2 is 2.06 bits per heavy atom. The summed E-state index contributed by atoms with van der Waals surface area (Å²) in [5, 5.41) is 9.62. The molecule has 4 heteroatoms. The van der Waals surface area contributed by atoms with Crippen molar-refractivity contribution in [2.24, 2.45) is 17.6 Å². The lowest BCUT2D eigenvalue weighted by atomic mass is 9.77. The minimum atomic E-state index is -0.343. The van der Waals surface area contributed by atoms with Gasteiger partial charge in [0.2, 0.25) is 5.91 Å². The largest absolute Gasteiger partial charge is 0.391 e. The Morgan fingerprint density at radius 1 is 1.29 bits per heavy atom. The van der Waals surface area contributed by atoms with Crippen LogP contribution in [0.4, 0.5) is 0 Å². The maximum Gasteiger partial charge on any atom is 0.227 e. The summed E-state index contributed by atoms with van der Waals surface area (Å²) in [6, 6.07) is -0.00433. The van der Waals surface area contributed by atoms with Gasteiger partial charge in [-0.25, -0.2) is 0 Å².